The molecule has 0 saturated carbocycles. The third kappa shape index (κ3) is 2.67. The molecule has 0 aromatic heterocycles. The summed E-state index contributed by atoms with van der Waals surface area (Å²) < 4.78 is 79.7. The molecule has 1 nitrogen and oxygen atoms in total. The predicted octanol–water partition coefficient (Wildman–Crippen LogP) is 2.67. The fourth-order valence-corrected chi connectivity index (χ4v) is 0.473. The molecule has 0 aliphatic heterocycles. The second-order valence-corrected chi connectivity index (χ2v) is 1.86. The largest absolute Gasteiger partial charge is 0.408 e. The molecule has 0 aromatic rings. The van der Waals surface area contributed by atoms with Gasteiger partial charge in [-0.1, -0.05) is 0 Å². The molecule has 0 aromatic carbocycles. The van der Waals surface area contributed by atoms with E-state index < -0.39 is 24.2 Å². The SMILES string of the molecule is N=C(F)C(C(F)(F)F)C(F)(F)F. The smallest absolute Gasteiger partial charge is 0.277 e. The molecule has 1 N–H and O–H groups in total. The van der Waals surface area contributed by atoms with Gasteiger partial charge in [-0.2, -0.15) is 30.7 Å². The first-order chi connectivity index (χ1) is 5.07. The molecular formula is C4H2F7N. The molecule has 0 amide bonds. The highest BCUT2D eigenvalue weighted by Crippen LogP contribution is 2.39. The quantitative estimate of drug-likeness (QED) is 0.493. The summed E-state index contributed by atoms with van der Waals surface area (Å²) >= 11 is 0. The van der Waals surface area contributed by atoms with E-state index >= 15 is 0 Å². The van der Waals surface area contributed by atoms with Crippen molar-refractivity contribution in [2.45, 2.75) is 12.4 Å². The van der Waals surface area contributed by atoms with Crippen LogP contribution in [0.1, 0.15) is 0 Å². The lowest BCUT2D eigenvalue weighted by Gasteiger charge is -2.19. The lowest BCUT2D eigenvalue weighted by Crippen LogP contribution is -2.40. The summed E-state index contributed by atoms with van der Waals surface area (Å²) in [4.78, 5) is 0. The van der Waals surface area contributed by atoms with Gasteiger partial charge in [-0.15, -0.1) is 0 Å². The van der Waals surface area contributed by atoms with Crippen molar-refractivity contribution < 1.29 is 30.7 Å². The van der Waals surface area contributed by atoms with Crippen LogP contribution in [-0.4, -0.2) is 18.3 Å². The van der Waals surface area contributed by atoms with Crippen molar-refractivity contribution >= 4 is 5.97 Å². The number of rotatable bonds is 1. The Morgan fingerprint density at radius 1 is 0.917 bits per heavy atom. The molecule has 72 valence electrons. The first-order valence-electron chi connectivity index (χ1n) is 2.44. The van der Waals surface area contributed by atoms with Crippen LogP contribution < -0.4 is 0 Å². The normalized spacial score (nSPS) is 13.7. The van der Waals surface area contributed by atoms with Crippen LogP contribution in [0, 0.1) is 11.3 Å². The highest BCUT2D eigenvalue weighted by atomic mass is 19.4. The summed E-state index contributed by atoms with van der Waals surface area (Å²) in [6.07, 6.45) is -11.6. The van der Waals surface area contributed by atoms with Crippen LogP contribution >= 0.6 is 0 Å². The van der Waals surface area contributed by atoms with Crippen LogP contribution in [0.15, 0.2) is 0 Å². The van der Waals surface area contributed by atoms with E-state index in [2.05, 4.69) is 0 Å². The summed E-state index contributed by atoms with van der Waals surface area (Å²) in [5.41, 5.74) is 0. The summed E-state index contributed by atoms with van der Waals surface area (Å²) in [5.74, 6) is -7.25. The van der Waals surface area contributed by atoms with E-state index in [9.17, 15) is 30.7 Å². The third-order valence-corrected chi connectivity index (χ3v) is 0.908. The second kappa shape index (κ2) is 2.91. The van der Waals surface area contributed by atoms with Gasteiger partial charge < -0.3 is 0 Å². The molecule has 0 aliphatic rings. The van der Waals surface area contributed by atoms with Crippen LogP contribution in [-0.2, 0) is 0 Å². The average Bonchev–Trinajstić information content (AvgIpc) is 1.49. The van der Waals surface area contributed by atoms with Gasteiger partial charge in [-0.05, 0) is 0 Å². The van der Waals surface area contributed by atoms with E-state index in [0.717, 1.165) is 0 Å². The summed E-state index contributed by atoms with van der Waals surface area (Å²) in [5, 5.41) is 5.66. The Labute approximate surface area is 61.7 Å². The minimum absolute atomic E-state index is 2.95. The Balaban J connectivity index is 4.82. The molecular weight excluding hydrogens is 195 g/mol. The molecule has 0 fully saturated rings. The van der Waals surface area contributed by atoms with E-state index in [0.29, 0.717) is 0 Å². The van der Waals surface area contributed by atoms with E-state index in [1.807, 2.05) is 0 Å². The van der Waals surface area contributed by atoms with Crippen LogP contribution in [0.4, 0.5) is 30.7 Å². The maximum absolute atomic E-state index is 11.5. The van der Waals surface area contributed by atoms with Crippen molar-refractivity contribution in [2.24, 2.45) is 5.92 Å². The fourth-order valence-electron chi connectivity index (χ4n) is 0.473. The highest BCUT2D eigenvalue weighted by molar-refractivity contribution is 5.75. The maximum Gasteiger partial charge on any atom is 0.408 e. The zero-order valence-corrected chi connectivity index (χ0v) is 5.22. The molecule has 0 atom stereocenters. The summed E-state index contributed by atoms with van der Waals surface area (Å²) in [7, 11) is 0. The Bertz CT molecular complexity index is 163. The topological polar surface area (TPSA) is 23.9 Å². The molecule has 0 rings (SSSR count). The Morgan fingerprint density at radius 3 is 1.17 bits per heavy atom. The van der Waals surface area contributed by atoms with Crippen molar-refractivity contribution in [3.63, 3.8) is 0 Å². The summed E-state index contributed by atoms with van der Waals surface area (Å²) in [6, 6.07) is 0. The molecule has 8 heteroatoms. The zero-order valence-electron chi connectivity index (χ0n) is 5.22. The highest BCUT2D eigenvalue weighted by Gasteiger charge is 2.59. The predicted molar refractivity (Wildman–Crippen MR) is 24.4 cm³/mol. The van der Waals surface area contributed by atoms with Gasteiger partial charge in [0.05, 0.1) is 0 Å². The van der Waals surface area contributed by atoms with Crippen LogP contribution in [0.25, 0.3) is 0 Å². The van der Waals surface area contributed by atoms with Crippen LogP contribution in [0.2, 0.25) is 0 Å². The molecule has 0 heterocycles. The van der Waals surface area contributed by atoms with Crippen molar-refractivity contribution in [2.75, 3.05) is 0 Å². The van der Waals surface area contributed by atoms with E-state index in [1.165, 1.54) is 0 Å². The molecule has 0 radical (unpaired) electrons. The first-order valence-corrected chi connectivity index (χ1v) is 2.44. The number of nitrogens with one attached hydrogen (secondary N) is 1. The first kappa shape index (κ1) is 11.2. The molecule has 0 saturated heterocycles. The van der Waals surface area contributed by atoms with Crippen molar-refractivity contribution in [1.82, 2.24) is 0 Å². The van der Waals surface area contributed by atoms with Crippen LogP contribution in [0.3, 0.4) is 0 Å². The Morgan fingerprint density at radius 2 is 1.17 bits per heavy atom. The van der Waals surface area contributed by atoms with Gasteiger partial charge in [0.2, 0.25) is 11.9 Å². The molecule has 0 spiro atoms. The zero-order chi connectivity index (χ0) is 10.2. The molecule has 0 unspecified atom stereocenters. The second-order valence-electron chi connectivity index (χ2n) is 1.86. The molecule has 0 aliphatic carbocycles. The van der Waals surface area contributed by atoms with Crippen molar-refractivity contribution in [1.29, 1.82) is 5.41 Å². The number of alkyl halides is 6. The van der Waals surface area contributed by atoms with Crippen molar-refractivity contribution in [3.8, 4) is 0 Å². The number of halogens is 7. The monoisotopic (exact) mass is 197 g/mol. The maximum atomic E-state index is 11.5. The summed E-state index contributed by atoms with van der Waals surface area (Å²) in [6.45, 7) is 0. The average molecular weight is 197 g/mol. The van der Waals surface area contributed by atoms with Crippen LogP contribution in [0.5, 0.6) is 0 Å². The van der Waals surface area contributed by atoms with Gasteiger partial charge in [-0.3, -0.25) is 5.41 Å². The Hall–Kier alpha value is -0.820. The van der Waals surface area contributed by atoms with E-state index in [1.54, 1.807) is 0 Å². The number of hydrogen-bond acceptors (Lipinski definition) is 1. The lowest BCUT2D eigenvalue weighted by molar-refractivity contribution is -0.262. The van der Waals surface area contributed by atoms with E-state index in [4.69, 9.17) is 5.41 Å². The lowest BCUT2D eigenvalue weighted by atomic mass is 10.1. The van der Waals surface area contributed by atoms with Gasteiger partial charge in [-0.25, -0.2) is 0 Å². The van der Waals surface area contributed by atoms with Gasteiger partial charge >= 0.3 is 12.4 Å². The van der Waals surface area contributed by atoms with Gasteiger partial charge in [0.25, 0.3) is 0 Å². The van der Waals surface area contributed by atoms with Gasteiger partial charge in [0.1, 0.15) is 0 Å². The fraction of sp³-hybridized carbons (Fsp3) is 0.750. The van der Waals surface area contributed by atoms with Gasteiger partial charge in [0, 0.05) is 0 Å². The van der Waals surface area contributed by atoms with E-state index in [-0.39, 0.29) is 0 Å². The minimum atomic E-state index is -5.80. The third-order valence-electron chi connectivity index (χ3n) is 0.908. The van der Waals surface area contributed by atoms with Crippen molar-refractivity contribution in [3.05, 3.63) is 0 Å². The van der Waals surface area contributed by atoms with Gasteiger partial charge in [0.15, 0.2) is 0 Å². The molecule has 0 bridgehead atoms. The Kier molecular flexibility index (Phi) is 2.71. The molecule has 12 heavy (non-hydrogen) atoms. The standard InChI is InChI=1S/C4H2F7N/c5-2(12)1(3(6,7)8)4(9,10)11/h1,12H. The number of hydrogen-bond donors (Lipinski definition) is 1. The minimum Gasteiger partial charge on any atom is -0.277 e.